The van der Waals surface area contributed by atoms with Crippen LogP contribution in [0.15, 0.2) is 54.1 Å². The van der Waals surface area contributed by atoms with E-state index in [4.69, 9.17) is 33.2 Å². The van der Waals surface area contributed by atoms with Crippen LogP contribution in [0.4, 0.5) is 0 Å². The lowest BCUT2D eigenvalue weighted by molar-refractivity contribution is -0.105. The number of carbonyl (C=O) groups is 1. The molecule has 2 aromatic carbocycles. The van der Waals surface area contributed by atoms with E-state index in [-0.39, 0.29) is 6.10 Å². The molecular formula is C19H19BCl2O4. The van der Waals surface area contributed by atoms with E-state index in [2.05, 4.69) is 0 Å². The lowest BCUT2D eigenvalue weighted by atomic mass is 9.81. The van der Waals surface area contributed by atoms with Gasteiger partial charge in [-0.25, -0.2) is 0 Å². The van der Waals surface area contributed by atoms with Crippen molar-refractivity contribution in [1.82, 2.24) is 0 Å². The lowest BCUT2D eigenvalue weighted by Gasteiger charge is -2.21. The predicted octanol–water partition coefficient (Wildman–Crippen LogP) is 2.86. The van der Waals surface area contributed by atoms with Crippen molar-refractivity contribution in [3.8, 4) is 0 Å². The van der Waals surface area contributed by atoms with Crippen LogP contribution in [0.3, 0.4) is 0 Å². The molecule has 4 nitrogen and oxygen atoms in total. The Morgan fingerprint density at radius 3 is 2.00 bits per heavy atom. The highest BCUT2D eigenvalue weighted by Crippen LogP contribution is 2.31. The van der Waals surface area contributed by atoms with Gasteiger partial charge in [-0.1, -0.05) is 47.5 Å². The first-order valence-corrected chi connectivity index (χ1v) is 8.89. The third-order valence-corrected chi connectivity index (χ3v) is 4.58. The van der Waals surface area contributed by atoms with Gasteiger partial charge in [-0.05, 0) is 59.3 Å². The summed E-state index contributed by atoms with van der Waals surface area (Å²) in [6.45, 7) is 0. The molecule has 1 aliphatic rings. The van der Waals surface area contributed by atoms with Gasteiger partial charge in [-0.2, -0.15) is 0 Å². The van der Waals surface area contributed by atoms with Gasteiger partial charge in [0.05, 0.1) is 6.10 Å². The number of hydrogen-bond donors (Lipinski definition) is 3. The molecule has 136 valence electrons. The van der Waals surface area contributed by atoms with Crippen molar-refractivity contribution in [2.24, 2.45) is 0 Å². The minimum atomic E-state index is -1.41. The zero-order chi connectivity index (χ0) is 19.1. The summed E-state index contributed by atoms with van der Waals surface area (Å²) in [7, 11) is -1.41. The topological polar surface area (TPSA) is 77.8 Å². The fraction of sp³-hybridized carbons (Fsp3) is 0.211. The molecule has 0 aromatic heterocycles. The van der Waals surface area contributed by atoms with Crippen LogP contribution >= 0.6 is 23.2 Å². The lowest BCUT2D eigenvalue weighted by Crippen LogP contribution is -2.29. The number of allylic oxidation sites excluding steroid dienone is 1. The molecule has 0 spiro atoms. The van der Waals surface area contributed by atoms with Crippen LogP contribution in [0, 0.1) is 0 Å². The summed E-state index contributed by atoms with van der Waals surface area (Å²) in [5, 5.41) is 28.0. The molecule has 0 radical (unpaired) electrons. The Kier molecular flexibility index (Phi) is 7.88. The van der Waals surface area contributed by atoms with Gasteiger partial charge in [-0.3, -0.25) is 4.79 Å². The van der Waals surface area contributed by atoms with Gasteiger partial charge >= 0.3 is 7.12 Å². The summed E-state index contributed by atoms with van der Waals surface area (Å²) in [5.41, 5.74) is 3.22. The Balaban J connectivity index is 0.000000209. The first-order valence-electron chi connectivity index (χ1n) is 8.13. The van der Waals surface area contributed by atoms with Crippen LogP contribution in [0.25, 0.3) is 5.57 Å². The number of halogens is 2. The number of aliphatic hydroxyl groups is 1. The fourth-order valence-corrected chi connectivity index (χ4v) is 2.94. The number of carbonyl (C=O) groups excluding carboxylic acids is 1. The maximum absolute atomic E-state index is 11.0. The van der Waals surface area contributed by atoms with Gasteiger partial charge in [0, 0.05) is 16.5 Å². The van der Waals surface area contributed by atoms with E-state index in [1.54, 1.807) is 24.3 Å². The van der Waals surface area contributed by atoms with E-state index in [0.717, 1.165) is 30.3 Å². The van der Waals surface area contributed by atoms with E-state index in [9.17, 15) is 9.90 Å². The average Bonchev–Trinajstić information content (AvgIpc) is 2.63. The van der Waals surface area contributed by atoms with E-state index >= 15 is 0 Å². The molecule has 1 unspecified atom stereocenters. The van der Waals surface area contributed by atoms with Crippen molar-refractivity contribution in [3.05, 3.63) is 69.7 Å². The number of rotatable bonds is 3. The van der Waals surface area contributed by atoms with Crippen molar-refractivity contribution in [2.75, 3.05) is 0 Å². The highest BCUT2D eigenvalue weighted by Gasteiger charge is 2.19. The summed E-state index contributed by atoms with van der Waals surface area (Å²) in [6, 6.07) is 13.8. The van der Waals surface area contributed by atoms with Crippen LogP contribution in [-0.4, -0.2) is 34.7 Å². The monoisotopic (exact) mass is 392 g/mol. The summed E-state index contributed by atoms with van der Waals surface area (Å²) in [5.74, 6) is 0. The summed E-state index contributed by atoms with van der Waals surface area (Å²) in [4.78, 5) is 11.0. The van der Waals surface area contributed by atoms with Crippen LogP contribution in [-0.2, 0) is 4.79 Å². The molecular weight excluding hydrogens is 374 g/mol. The van der Waals surface area contributed by atoms with Gasteiger partial charge in [0.2, 0.25) is 0 Å². The van der Waals surface area contributed by atoms with Crippen molar-refractivity contribution in [1.29, 1.82) is 0 Å². The standard InChI is InChI=1S/C13H13ClO2.C6H6BClO2/c14-11-3-1-9(2-4-11)13-6-5-12(16)7-10(13)8-15;8-6-3-1-5(2-4-6)7(9)10/h1-4,8,12,16H,5-7H2;1-4,9-10H. The van der Waals surface area contributed by atoms with Crippen molar-refractivity contribution in [2.45, 2.75) is 25.4 Å². The Morgan fingerprint density at radius 2 is 1.50 bits per heavy atom. The van der Waals surface area contributed by atoms with Gasteiger partial charge in [0.15, 0.2) is 0 Å². The molecule has 1 atom stereocenters. The molecule has 2 aromatic rings. The smallest absolute Gasteiger partial charge is 0.423 e. The third kappa shape index (κ3) is 5.97. The number of benzene rings is 2. The van der Waals surface area contributed by atoms with E-state index in [0.29, 0.717) is 27.5 Å². The quantitative estimate of drug-likeness (QED) is 0.554. The first kappa shape index (κ1) is 20.7. The molecule has 0 saturated heterocycles. The largest absolute Gasteiger partial charge is 0.488 e. The Labute approximate surface area is 162 Å². The minimum absolute atomic E-state index is 0.378. The predicted molar refractivity (Wildman–Crippen MR) is 106 cm³/mol. The van der Waals surface area contributed by atoms with Crippen LogP contribution < -0.4 is 5.46 Å². The number of aliphatic hydroxyl groups excluding tert-OH is 1. The highest BCUT2D eigenvalue weighted by molar-refractivity contribution is 6.58. The Bertz CT molecular complexity index is 758. The van der Waals surface area contributed by atoms with Gasteiger partial charge in [0.1, 0.15) is 6.29 Å². The van der Waals surface area contributed by atoms with Crippen molar-refractivity contribution in [3.63, 3.8) is 0 Å². The molecule has 0 amide bonds. The van der Waals surface area contributed by atoms with Crippen molar-refractivity contribution < 1.29 is 19.9 Å². The maximum atomic E-state index is 11.0. The molecule has 0 aliphatic heterocycles. The van der Waals surface area contributed by atoms with E-state index in [1.807, 2.05) is 24.3 Å². The second-order valence-corrected chi connectivity index (χ2v) is 6.82. The second kappa shape index (κ2) is 9.90. The summed E-state index contributed by atoms with van der Waals surface area (Å²) >= 11 is 11.4. The van der Waals surface area contributed by atoms with Crippen LogP contribution in [0.5, 0.6) is 0 Å². The fourth-order valence-electron chi connectivity index (χ4n) is 2.69. The Morgan fingerprint density at radius 1 is 0.962 bits per heavy atom. The summed E-state index contributed by atoms with van der Waals surface area (Å²) < 4.78 is 0. The first-order chi connectivity index (χ1) is 12.4. The van der Waals surface area contributed by atoms with Crippen LogP contribution in [0.1, 0.15) is 24.8 Å². The normalized spacial score (nSPS) is 16.6. The number of aldehydes is 1. The van der Waals surface area contributed by atoms with Crippen LogP contribution in [0.2, 0.25) is 10.0 Å². The molecule has 0 fully saturated rings. The van der Waals surface area contributed by atoms with Gasteiger partial charge < -0.3 is 15.2 Å². The summed E-state index contributed by atoms with van der Waals surface area (Å²) in [6.07, 6.45) is 2.40. The van der Waals surface area contributed by atoms with E-state index in [1.165, 1.54) is 0 Å². The Hall–Kier alpha value is -1.63. The molecule has 0 heterocycles. The average molecular weight is 393 g/mol. The molecule has 26 heavy (non-hydrogen) atoms. The van der Waals surface area contributed by atoms with Gasteiger partial charge in [-0.15, -0.1) is 0 Å². The second-order valence-electron chi connectivity index (χ2n) is 5.95. The number of hydrogen-bond acceptors (Lipinski definition) is 4. The highest BCUT2D eigenvalue weighted by atomic mass is 35.5. The third-order valence-electron chi connectivity index (χ3n) is 4.07. The molecule has 3 rings (SSSR count). The SMILES string of the molecule is O=CC1=C(c2ccc(Cl)cc2)CCC(O)C1.OB(O)c1ccc(Cl)cc1. The molecule has 7 heteroatoms. The zero-order valence-electron chi connectivity index (χ0n) is 14.0. The van der Waals surface area contributed by atoms with E-state index < -0.39 is 7.12 Å². The molecule has 1 aliphatic carbocycles. The molecule has 0 bridgehead atoms. The van der Waals surface area contributed by atoms with Crippen molar-refractivity contribution >= 4 is 47.6 Å². The van der Waals surface area contributed by atoms with Gasteiger partial charge in [0.25, 0.3) is 0 Å². The minimum Gasteiger partial charge on any atom is -0.423 e. The molecule has 3 N–H and O–H groups in total. The zero-order valence-corrected chi connectivity index (χ0v) is 15.5. The maximum Gasteiger partial charge on any atom is 0.488 e. The molecule has 0 saturated carbocycles.